The van der Waals surface area contributed by atoms with Gasteiger partial charge in [-0.3, -0.25) is 5.10 Å². The van der Waals surface area contributed by atoms with E-state index in [0.29, 0.717) is 29.3 Å². The van der Waals surface area contributed by atoms with Gasteiger partial charge in [-0.1, -0.05) is 0 Å². The first-order valence-electron chi connectivity index (χ1n) is 5.00. The minimum absolute atomic E-state index is 0.334. The molecule has 1 N–H and O–H groups in total. The Morgan fingerprint density at radius 1 is 1.62 bits per heavy atom. The van der Waals surface area contributed by atoms with Crippen LogP contribution in [0.2, 0.25) is 0 Å². The normalized spacial score (nSPS) is 10.4. The first-order valence-corrected chi connectivity index (χ1v) is 5.00. The van der Waals surface area contributed by atoms with Gasteiger partial charge >= 0.3 is 5.97 Å². The molecule has 0 saturated carbocycles. The van der Waals surface area contributed by atoms with Crippen molar-refractivity contribution in [2.45, 2.75) is 13.8 Å². The average Bonchev–Trinajstić information content (AvgIpc) is 2.86. The number of furan rings is 1. The van der Waals surface area contributed by atoms with Crippen molar-refractivity contribution in [2.24, 2.45) is 0 Å². The highest BCUT2D eigenvalue weighted by Gasteiger charge is 2.21. The fourth-order valence-corrected chi connectivity index (χ4v) is 1.47. The number of esters is 1. The topological polar surface area (TPSA) is 68.1 Å². The highest BCUT2D eigenvalue weighted by molar-refractivity contribution is 5.96. The van der Waals surface area contributed by atoms with Crippen LogP contribution in [-0.2, 0) is 4.74 Å². The van der Waals surface area contributed by atoms with E-state index in [4.69, 9.17) is 9.15 Å². The average molecular weight is 220 g/mol. The summed E-state index contributed by atoms with van der Waals surface area (Å²) in [5.41, 5.74) is 1.59. The molecule has 0 aliphatic heterocycles. The van der Waals surface area contributed by atoms with Crippen molar-refractivity contribution >= 4 is 5.97 Å². The van der Waals surface area contributed by atoms with Gasteiger partial charge in [0.25, 0.3) is 0 Å². The smallest absolute Gasteiger partial charge is 0.342 e. The Labute approximate surface area is 92.4 Å². The van der Waals surface area contributed by atoms with Crippen LogP contribution in [0.15, 0.2) is 22.8 Å². The molecule has 0 fully saturated rings. The van der Waals surface area contributed by atoms with Crippen molar-refractivity contribution in [3.63, 3.8) is 0 Å². The molecule has 0 saturated heterocycles. The van der Waals surface area contributed by atoms with Gasteiger partial charge in [0.2, 0.25) is 0 Å². The van der Waals surface area contributed by atoms with Gasteiger partial charge in [-0.05, 0) is 26.0 Å². The molecule has 0 amide bonds. The molecule has 2 rings (SSSR count). The number of hydrogen-bond donors (Lipinski definition) is 1. The number of aromatic amines is 1. The SMILES string of the molecule is CCOC(=O)c1c(-c2ccco2)n[nH]c1C. The fourth-order valence-electron chi connectivity index (χ4n) is 1.47. The summed E-state index contributed by atoms with van der Waals surface area (Å²) in [6.45, 7) is 3.87. The van der Waals surface area contributed by atoms with E-state index < -0.39 is 0 Å². The quantitative estimate of drug-likeness (QED) is 0.805. The van der Waals surface area contributed by atoms with E-state index in [1.807, 2.05) is 0 Å². The minimum atomic E-state index is -0.389. The van der Waals surface area contributed by atoms with Crippen molar-refractivity contribution in [2.75, 3.05) is 6.61 Å². The second-order valence-corrected chi connectivity index (χ2v) is 3.27. The zero-order valence-corrected chi connectivity index (χ0v) is 9.11. The van der Waals surface area contributed by atoms with Crippen LogP contribution in [0, 0.1) is 6.92 Å². The molecule has 0 aromatic carbocycles. The van der Waals surface area contributed by atoms with Crippen LogP contribution >= 0.6 is 0 Å². The Balaban J connectivity index is 2.44. The van der Waals surface area contributed by atoms with Gasteiger partial charge in [0, 0.05) is 5.69 Å². The lowest BCUT2D eigenvalue weighted by atomic mass is 10.1. The number of aryl methyl sites for hydroxylation is 1. The fraction of sp³-hybridized carbons (Fsp3) is 0.273. The maximum atomic E-state index is 11.7. The number of ether oxygens (including phenoxy) is 1. The van der Waals surface area contributed by atoms with Crippen molar-refractivity contribution < 1.29 is 13.9 Å². The number of nitrogens with one attached hydrogen (secondary N) is 1. The van der Waals surface area contributed by atoms with E-state index in [0.717, 1.165) is 0 Å². The Morgan fingerprint density at radius 3 is 3.06 bits per heavy atom. The Kier molecular flexibility index (Phi) is 2.76. The predicted octanol–water partition coefficient (Wildman–Crippen LogP) is 2.15. The van der Waals surface area contributed by atoms with Crippen LogP contribution in [-0.4, -0.2) is 22.8 Å². The number of aromatic nitrogens is 2. The second-order valence-electron chi connectivity index (χ2n) is 3.27. The third-order valence-corrected chi connectivity index (χ3v) is 2.18. The Hall–Kier alpha value is -2.04. The van der Waals surface area contributed by atoms with Gasteiger partial charge in [0.1, 0.15) is 11.3 Å². The molecule has 2 heterocycles. The molecular formula is C11H12N2O3. The largest absolute Gasteiger partial charge is 0.463 e. The molecule has 84 valence electrons. The third-order valence-electron chi connectivity index (χ3n) is 2.18. The zero-order valence-electron chi connectivity index (χ0n) is 9.11. The zero-order chi connectivity index (χ0) is 11.5. The van der Waals surface area contributed by atoms with E-state index >= 15 is 0 Å². The van der Waals surface area contributed by atoms with Gasteiger partial charge in [-0.15, -0.1) is 0 Å². The molecule has 0 radical (unpaired) electrons. The lowest BCUT2D eigenvalue weighted by Gasteiger charge is -2.01. The molecule has 2 aromatic rings. The highest BCUT2D eigenvalue weighted by atomic mass is 16.5. The van der Waals surface area contributed by atoms with Crippen LogP contribution in [0.25, 0.3) is 11.5 Å². The second kappa shape index (κ2) is 4.22. The number of H-pyrrole nitrogens is 1. The molecular weight excluding hydrogens is 208 g/mol. The number of carbonyl (C=O) groups excluding carboxylic acids is 1. The van der Waals surface area contributed by atoms with Crippen LogP contribution in [0.5, 0.6) is 0 Å². The lowest BCUT2D eigenvalue weighted by molar-refractivity contribution is 0.0526. The van der Waals surface area contributed by atoms with Gasteiger partial charge in [-0.25, -0.2) is 4.79 Å². The van der Waals surface area contributed by atoms with Crippen molar-refractivity contribution in [3.05, 3.63) is 29.7 Å². The number of carbonyl (C=O) groups is 1. The molecule has 16 heavy (non-hydrogen) atoms. The van der Waals surface area contributed by atoms with E-state index in [9.17, 15) is 4.79 Å². The molecule has 0 atom stereocenters. The van der Waals surface area contributed by atoms with Crippen LogP contribution in [0.3, 0.4) is 0 Å². The lowest BCUT2D eigenvalue weighted by Crippen LogP contribution is -2.06. The van der Waals surface area contributed by atoms with Crippen molar-refractivity contribution in [3.8, 4) is 11.5 Å². The first-order chi connectivity index (χ1) is 7.74. The summed E-state index contributed by atoms with van der Waals surface area (Å²) in [5, 5.41) is 6.80. The number of nitrogens with zero attached hydrogens (tertiary/aromatic N) is 1. The van der Waals surface area contributed by atoms with Crippen LogP contribution in [0.4, 0.5) is 0 Å². The van der Waals surface area contributed by atoms with Crippen LogP contribution in [0.1, 0.15) is 23.0 Å². The van der Waals surface area contributed by atoms with Gasteiger partial charge in [0.15, 0.2) is 5.76 Å². The summed E-state index contributed by atoms with van der Waals surface area (Å²) in [6, 6.07) is 3.49. The molecule has 5 nitrogen and oxygen atoms in total. The predicted molar refractivity (Wildman–Crippen MR) is 57.0 cm³/mol. The summed E-state index contributed by atoms with van der Waals surface area (Å²) in [7, 11) is 0. The minimum Gasteiger partial charge on any atom is -0.463 e. The summed E-state index contributed by atoms with van der Waals surface area (Å²) in [6.07, 6.45) is 1.54. The van der Waals surface area contributed by atoms with E-state index in [-0.39, 0.29) is 5.97 Å². The number of rotatable bonds is 3. The summed E-state index contributed by atoms with van der Waals surface area (Å²) < 4.78 is 10.2. The maximum absolute atomic E-state index is 11.7. The molecule has 5 heteroatoms. The molecule has 0 aliphatic carbocycles. The number of hydrogen-bond acceptors (Lipinski definition) is 4. The Bertz CT molecular complexity index is 485. The van der Waals surface area contributed by atoms with E-state index in [1.54, 1.807) is 26.0 Å². The molecule has 0 spiro atoms. The monoisotopic (exact) mass is 220 g/mol. The molecule has 2 aromatic heterocycles. The standard InChI is InChI=1S/C11H12N2O3/c1-3-15-11(14)9-7(2)12-13-10(9)8-5-4-6-16-8/h4-6H,3H2,1-2H3,(H,12,13). The summed E-state index contributed by atoms with van der Waals surface area (Å²) in [4.78, 5) is 11.7. The molecule has 0 aliphatic rings. The van der Waals surface area contributed by atoms with Crippen molar-refractivity contribution in [1.82, 2.24) is 10.2 Å². The third kappa shape index (κ3) is 1.71. The maximum Gasteiger partial charge on any atom is 0.342 e. The van der Waals surface area contributed by atoms with Gasteiger partial charge in [-0.2, -0.15) is 5.10 Å². The van der Waals surface area contributed by atoms with E-state index in [2.05, 4.69) is 10.2 Å². The first kappa shape index (κ1) is 10.5. The van der Waals surface area contributed by atoms with Gasteiger partial charge < -0.3 is 9.15 Å². The van der Waals surface area contributed by atoms with Gasteiger partial charge in [0.05, 0.1) is 12.9 Å². The van der Waals surface area contributed by atoms with E-state index in [1.165, 1.54) is 6.26 Å². The highest BCUT2D eigenvalue weighted by Crippen LogP contribution is 2.24. The summed E-state index contributed by atoms with van der Waals surface area (Å²) in [5.74, 6) is 0.160. The Morgan fingerprint density at radius 2 is 2.44 bits per heavy atom. The van der Waals surface area contributed by atoms with Crippen LogP contribution < -0.4 is 0 Å². The molecule has 0 bridgehead atoms. The molecule has 0 unspecified atom stereocenters. The van der Waals surface area contributed by atoms with Crippen molar-refractivity contribution in [1.29, 1.82) is 0 Å². The summed E-state index contributed by atoms with van der Waals surface area (Å²) >= 11 is 0.